The lowest BCUT2D eigenvalue weighted by atomic mass is 10.0. The monoisotopic (exact) mass is 246 g/mol. The Morgan fingerprint density at radius 2 is 2.00 bits per heavy atom. The van der Waals surface area contributed by atoms with E-state index in [0.29, 0.717) is 6.04 Å². The molecular formula is C15H22N2O. The van der Waals surface area contributed by atoms with Crippen molar-refractivity contribution in [2.75, 3.05) is 20.7 Å². The first-order valence-corrected chi connectivity index (χ1v) is 6.30. The van der Waals surface area contributed by atoms with Crippen molar-refractivity contribution in [1.29, 1.82) is 5.26 Å². The highest BCUT2D eigenvalue weighted by Crippen LogP contribution is 2.20. The second kappa shape index (κ2) is 7.03. The molecule has 1 aromatic carbocycles. The summed E-state index contributed by atoms with van der Waals surface area (Å²) in [5, 5.41) is 8.84. The summed E-state index contributed by atoms with van der Waals surface area (Å²) in [5.41, 5.74) is 1.21. The van der Waals surface area contributed by atoms with Gasteiger partial charge in [0.2, 0.25) is 0 Å². The highest BCUT2D eigenvalue weighted by Gasteiger charge is 2.14. The van der Waals surface area contributed by atoms with E-state index in [0.717, 1.165) is 18.7 Å². The topological polar surface area (TPSA) is 36.3 Å². The van der Waals surface area contributed by atoms with E-state index in [-0.39, 0.29) is 5.92 Å². The lowest BCUT2D eigenvalue weighted by molar-refractivity contribution is 0.238. The van der Waals surface area contributed by atoms with Crippen LogP contribution in [0.5, 0.6) is 5.75 Å². The molecule has 0 spiro atoms. The average Bonchev–Trinajstić information content (AvgIpc) is 2.39. The maximum absolute atomic E-state index is 8.84. The van der Waals surface area contributed by atoms with Crippen LogP contribution >= 0.6 is 0 Å². The quantitative estimate of drug-likeness (QED) is 0.774. The first kappa shape index (κ1) is 14.5. The number of nitriles is 1. The summed E-state index contributed by atoms with van der Waals surface area (Å²) in [6.45, 7) is 4.93. The van der Waals surface area contributed by atoms with Gasteiger partial charge in [0, 0.05) is 12.6 Å². The summed E-state index contributed by atoms with van der Waals surface area (Å²) in [6, 6.07) is 10.7. The summed E-state index contributed by atoms with van der Waals surface area (Å²) in [4.78, 5) is 2.22. The number of benzene rings is 1. The van der Waals surface area contributed by atoms with Gasteiger partial charge in [0.05, 0.1) is 19.1 Å². The fourth-order valence-electron chi connectivity index (χ4n) is 2.00. The van der Waals surface area contributed by atoms with Crippen LogP contribution in [0, 0.1) is 17.2 Å². The standard InChI is InChI=1S/C15H22N2O/c1-12(10-16)11-17(3)13(2)9-14-7-5-6-8-15(14)18-4/h5-8,12-13H,9,11H2,1-4H3. The van der Waals surface area contributed by atoms with Gasteiger partial charge in [-0.25, -0.2) is 0 Å². The van der Waals surface area contributed by atoms with Crippen LogP contribution in [0.1, 0.15) is 19.4 Å². The van der Waals surface area contributed by atoms with Crippen LogP contribution in [0.25, 0.3) is 0 Å². The molecule has 0 aliphatic rings. The molecule has 2 unspecified atom stereocenters. The van der Waals surface area contributed by atoms with Crippen molar-refractivity contribution in [1.82, 2.24) is 4.90 Å². The van der Waals surface area contributed by atoms with Crippen LogP contribution in [0.2, 0.25) is 0 Å². The molecule has 0 N–H and O–H groups in total. The Bertz CT molecular complexity index is 411. The molecule has 0 aliphatic heterocycles. The van der Waals surface area contributed by atoms with Crippen LogP contribution in [0.3, 0.4) is 0 Å². The van der Waals surface area contributed by atoms with Crippen LogP contribution < -0.4 is 4.74 Å². The van der Waals surface area contributed by atoms with E-state index < -0.39 is 0 Å². The Morgan fingerprint density at radius 1 is 1.33 bits per heavy atom. The Hall–Kier alpha value is -1.53. The number of nitrogens with zero attached hydrogens (tertiary/aromatic N) is 2. The van der Waals surface area contributed by atoms with Crippen LogP contribution in [-0.2, 0) is 6.42 Å². The molecule has 0 saturated carbocycles. The smallest absolute Gasteiger partial charge is 0.122 e. The summed E-state index contributed by atoms with van der Waals surface area (Å²) >= 11 is 0. The van der Waals surface area contributed by atoms with Crippen LogP contribution in [-0.4, -0.2) is 31.6 Å². The summed E-state index contributed by atoms with van der Waals surface area (Å²) < 4.78 is 5.36. The zero-order valence-electron chi connectivity index (χ0n) is 11.7. The van der Waals surface area contributed by atoms with Crippen molar-refractivity contribution in [2.24, 2.45) is 5.92 Å². The van der Waals surface area contributed by atoms with Crippen molar-refractivity contribution in [2.45, 2.75) is 26.3 Å². The van der Waals surface area contributed by atoms with Gasteiger partial charge in [-0.2, -0.15) is 5.26 Å². The average molecular weight is 246 g/mol. The molecule has 0 bridgehead atoms. The first-order valence-electron chi connectivity index (χ1n) is 6.30. The molecule has 0 aliphatic carbocycles. The molecular weight excluding hydrogens is 224 g/mol. The number of hydrogen-bond acceptors (Lipinski definition) is 3. The second-order valence-corrected chi connectivity index (χ2v) is 4.83. The van der Waals surface area contributed by atoms with Crippen molar-refractivity contribution in [3.8, 4) is 11.8 Å². The van der Waals surface area contributed by atoms with Gasteiger partial charge in [0.1, 0.15) is 5.75 Å². The van der Waals surface area contributed by atoms with Crippen molar-refractivity contribution in [3.63, 3.8) is 0 Å². The summed E-state index contributed by atoms with van der Waals surface area (Å²) in [5.74, 6) is 1.00. The van der Waals surface area contributed by atoms with E-state index in [1.54, 1.807) is 7.11 Å². The lowest BCUT2D eigenvalue weighted by Crippen LogP contribution is -2.34. The zero-order chi connectivity index (χ0) is 13.5. The lowest BCUT2D eigenvalue weighted by Gasteiger charge is -2.26. The number of ether oxygens (including phenoxy) is 1. The molecule has 3 nitrogen and oxygen atoms in total. The molecule has 98 valence electrons. The predicted octanol–water partition coefficient (Wildman–Crippen LogP) is 2.72. The minimum Gasteiger partial charge on any atom is -0.496 e. The number of para-hydroxylation sites is 1. The Morgan fingerprint density at radius 3 is 2.61 bits per heavy atom. The maximum atomic E-state index is 8.84. The van der Waals surface area contributed by atoms with Crippen LogP contribution in [0.15, 0.2) is 24.3 Å². The Balaban J connectivity index is 2.64. The van der Waals surface area contributed by atoms with Crippen molar-refractivity contribution < 1.29 is 4.74 Å². The van der Waals surface area contributed by atoms with E-state index in [4.69, 9.17) is 10.00 Å². The number of rotatable bonds is 6. The zero-order valence-corrected chi connectivity index (χ0v) is 11.7. The fraction of sp³-hybridized carbons (Fsp3) is 0.533. The molecule has 0 saturated heterocycles. The van der Waals surface area contributed by atoms with Crippen LogP contribution in [0.4, 0.5) is 0 Å². The van der Waals surface area contributed by atoms with Gasteiger partial charge in [0.25, 0.3) is 0 Å². The maximum Gasteiger partial charge on any atom is 0.122 e. The normalized spacial score (nSPS) is 14.0. The number of hydrogen-bond donors (Lipinski definition) is 0. The van der Waals surface area contributed by atoms with Gasteiger partial charge < -0.3 is 9.64 Å². The molecule has 0 aromatic heterocycles. The molecule has 0 amide bonds. The van der Waals surface area contributed by atoms with Gasteiger partial charge in [-0.3, -0.25) is 0 Å². The Labute approximate surface area is 110 Å². The minimum absolute atomic E-state index is 0.0649. The van der Waals surface area contributed by atoms with Gasteiger partial charge in [-0.1, -0.05) is 18.2 Å². The third-order valence-electron chi connectivity index (χ3n) is 3.24. The molecule has 0 heterocycles. The highest BCUT2D eigenvalue weighted by molar-refractivity contribution is 5.33. The van der Waals surface area contributed by atoms with Gasteiger partial charge in [-0.05, 0) is 38.9 Å². The molecule has 0 radical (unpaired) electrons. The van der Waals surface area contributed by atoms with E-state index in [1.807, 2.05) is 25.1 Å². The van der Waals surface area contributed by atoms with Crippen molar-refractivity contribution in [3.05, 3.63) is 29.8 Å². The summed E-state index contributed by atoms with van der Waals surface area (Å²) in [7, 11) is 3.76. The van der Waals surface area contributed by atoms with E-state index in [1.165, 1.54) is 5.56 Å². The number of methoxy groups -OCH3 is 1. The van der Waals surface area contributed by atoms with Gasteiger partial charge in [-0.15, -0.1) is 0 Å². The fourth-order valence-corrected chi connectivity index (χ4v) is 2.00. The molecule has 0 fully saturated rings. The van der Waals surface area contributed by atoms with Gasteiger partial charge in [0.15, 0.2) is 0 Å². The second-order valence-electron chi connectivity index (χ2n) is 4.83. The third-order valence-corrected chi connectivity index (χ3v) is 3.24. The third kappa shape index (κ3) is 4.05. The van der Waals surface area contributed by atoms with E-state index in [9.17, 15) is 0 Å². The number of likely N-dealkylation sites (N-methyl/N-ethyl adjacent to an activating group) is 1. The Kier molecular flexibility index (Phi) is 5.67. The SMILES string of the molecule is COc1ccccc1CC(C)N(C)CC(C)C#N. The molecule has 1 aromatic rings. The largest absolute Gasteiger partial charge is 0.496 e. The molecule has 3 heteroatoms. The van der Waals surface area contributed by atoms with E-state index >= 15 is 0 Å². The van der Waals surface area contributed by atoms with Crippen molar-refractivity contribution >= 4 is 0 Å². The highest BCUT2D eigenvalue weighted by atomic mass is 16.5. The molecule has 1 rings (SSSR count). The molecule has 18 heavy (non-hydrogen) atoms. The van der Waals surface area contributed by atoms with E-state index in [2.05, 4.69) is 31.0 Å². The van der Waals surface area contributed by atoms with Gasteiger partial charge >= 0.3 is 0 Å². The predicted molar refractivity (Wildman–Crippen MR) is 73.6 cm³/mol. The minimum atomic E-state index is 0.0649. The summed E-state index contributed by atoms with van der Waals surface area (Å²) in [6.07, 6.45) is 0.929. The first-order chi connectivity index (χ1) is 8.58. The molecule has 2 atom stereocenters.